The normalized spacial score (nSPS) is 10.2. The summed E-state index contributed by atoms with van der Waals surface area (Å²) < 4.78 is 30.5. The van der Waals surface area contributed by atoms with Crippen molar-refractivity contribution < 1.29 is 23.1 Å². The van der Waals surface area contributed by atoms with Gasteiger partial charge in [0.05, 0.1) is 23.4 Å². The van der Waals surface area contributed by atoms with Crippen molar-refractivity contribution >= 4 is 34.9 Å². The Morgan fingerprint density at radius 3 is 2.56 bits per heavy atom. The zero-order valence-corrected chi connectivity index (χ0v) is 14.0. The molecule has 0 unspecified atom stereocenters. The standard InChI is InChI=1S/C17H15ClF2N2O3/c1-25-17(24)10-2-4-12(18)15(8-10)22-16(23)6-7-21-11-3-5-13(19)14(20)9-11/h2-5,8-9,21H,6-7H2,1H3,(H,22,23). The number of rotatable bonds is 6. The molecule has 0 aliphatic rings. The summed E-state index contributed by atoms with van der Waals surface area (Å²) in [4.78, 5) is 23.5. The Bertz CT molecular complexity index is 799. The summed E-state index contributed by atoms with van der Waals surface area (Å²) in [6, 6.07) is 7.74. The molecule has 132 valence electrons. The van der Waals surface area contributed by atoms with Crippen LogP contribution in [0.15, 0.2) is 36.4 Å². The van der Waals surface area contributed by atoms with E-state index in [4.69, 9.17) is 11.6 Å². The van der Waals surface area contributed by atoms with Crippen LogP contribution in [0, 0.1) is 11.6 Å². The Morgan fingerprint density at radius 1 is 1.12 bits per heavy atom. The molecular weight excluding hydrogens is 354 g/mol. The van der Waals surface area contributed by atoms with Crippen LogP contribution in [0.5, 0.6) is 0 Å². The van der Waals surface area contributed by atoms with E-state index in [2.05, 4.69) is 15.4 Å². The molecule has 2 N–H and O–H groups in total. The van der Waals surface area contributed by atoms with Crippen LogP contribution in [-0.2, 0) is 9.53 Å². The lowest BCUT2D eigenvalue weighted by atomic mass is 10.2. The van der Waals surface area contributed by atoms with E-state index >= 15 is 0 Å². The van der Waals surface area contributed by atoms with Gasteiger partial charge in [0.25, 0.3) is 0 Å². The van der Waals surface area contributed by atoms with E-state index < -0.39 is 17.6 Å². The fourth-order valence-corrected chi connectivity index (χ4v) is 2.17. The highest BCUT2D eigenvalue weighted by atomic mass is 35.5. The SMILES string of the molecule is COC(=O)c1ccc(Cl)c(NC(=O)CCNc2ccc(F)c(F)c2)c1. The van der Waals surface area contributed by atoms with E-state index in [1.807, 2.05) is 0 Å². The first-order valence-corrected chi connectivity index (χ1v) is 7.65. The van der Waals surface area contributed by atoms with Gasteiger partial charge in [-0.05, 0) is 36.4 Å². The van der Waals surface area contributed by atoms with Gasteiger partial charge in [-0.25, -0.2) is 13.6 Å². The molecule has 0 saturated heterocycles. The van der Waals surface area contributed by atoms with Gasteiger partial charge in [0.1, 0.15) is 0 Å². The monoisotopic (exact) mass is 368 g/mol. The molecule has 8 heteroatoms. The van der Waals surface area contributed by atoms with Gasteiger partial charge < -0.3 is 15.4 Å². The largest absolute Gasteiger partial charge is 0.465 e. The molecule has 1 amide bonds. The van der Waals surface area contributed by atoms with Gasteiger partial charge in [0.2, 0.25) is 5.91 Å². The predicted molar refractivity (Wildman–Crippen MR) is 90.9 cm³/mol. The minimum Gasteiger partial charge on any atom is -0.465 e. The number of halogens is 3. The summed E-state index contributed by atoms with van der Waals surface area (Å²) in [6.45, 7) is 0.200. The lowest BCUT2D eigenvalue weighted by Gasteiger charge is -2.10. The Balaban J connectivity index is 1.91. The minimum atomic E-state index is -0.971. The molecule has 2 aromatic carbocycles. The van der Waals surface area contributed by atoms with Crippen LogP contribution in [0.4, 0.5) is 20.2 Å². The Labute approximate surface area is 147 Å². The minimum absolute atomic E-state index is 0.0533. The molecule has 0 aliphatic heterocycles. The second kappa shape index (κ2) is 8.43. The van der Waals surface area contributed by atoms with E-state index in [-0.39, 0.29) is 35.1 Å². The fourth-order valence-electron chi connectivity index (χ4n) is 2.01. The van der Waals surface area contributed by atoms with E-state index in [1.54, 1.807) is 0 Å². The highest BCUT2D eigenvalue weighted by Crippen LogP contribution is 2.23. The first kappa shape index (κ1) is 18.7. The number of methoxy groups -OCH3 is 1. The molecule has 2 aromatic rings. The van der Waals surface area contributed by atoms with Gasteiger partial charge >= 0.3 is 5.97 Å². The number of hydrogen-bond donors (Lipinski definition) is 2. The average Bonchev–Trinajstić information content (AvgIpc) is 2.59. The van der Waals surface area contributed by atoms with Gasteiger partial charge in [0, 0.05) is 18.7 Å². The van der Waals surface area contributed by atoms with Gasteiger partial charge in [-0.3, -0.25) is 4.79 Å². The number of carbonyl (C=O) groups excluding carboxylic acids is 2. The van der Waals surface area contributed by atoms with Gasteiger partial charge in [-0.15, -0.1) is 0 Å². The van der Waals surface area contributed by atoms with Crippen LogP contribution in [0.2, 0.25) is 5.02 Å². The molecule has 2 rings (SSSR count). The maximum atomic E-state index is 13.1. The quantitative estimate of drug-likeness (QED) is 0.760. The number of amides is 1. The summed E-state index contributed by atoms with van der Waals surface area (Å²) >= 11 is 5.99. The topological polar surface area (TPSA) is 67.4 Å². The molecule has 0 aliphatic carbocycles. The average molecular weight is 369 g/mol. The van der Waals surface area contributed by atoms with Gasteiger partial charge in [-0.2, -0.15) is 0 Å². The fraction of sp³-hybridized carbons (Fsp3) is 0.176. The van der Waals surface area contributed by atoms with Gasteiger partial charge in [-0.1, -0.05) is 11.6 Å². The number of nitrogens with one attached hydrogen (secondary N) is 2. The zero-order chi connectivity index (χ0) is 18.4. The molecule has 0 aromatic heterocycles. The van der Waals surface area contributed by atoms with E-state index in [9.17, 15) is 18.4 Å². The molecule has 0 heterocycles. The second-order valence-corrected chi connectivity index (χ2v) is 5.45. The van der Waals surface area contributed by atoms with E-state index in [0.29, 0.717) is 5.69 Å². The van der Waals surface area contributed by atoms with Crippen molar-refractivity contribution in [3.8, 4) is 0 Å². The molecule has 0 saturated carbocycles. The third-order valence-electron chi connectivity index (χ3n) is 3.26. The lowest BCUT2D eigenvalue weighted by Crippen LogP contribution is -2.17. The van der Waals surface area contributed by atoms with Crippen LogP contribution in [0.25, 0.3) is 0 Å². The van der Waals surface area contributed by atoms with Crippen molar-refractivity contribution in [1.29, 1.82) is 0 Å². The molecule has 0 bridgehead atoms. The van der Waals surface area contributed by atoms with E-state index in [1.165, 1.54) is 31.4 Å². The van der Waals surface area contributed by atoms with Gasteiger partial charge in [0.15, 0.2) is 11.6 Å². The maximum absolute atomic E-state index is 13.1. The second-order valence-electron chi connectivity index (χ2n) is 5.04. The smallest absolute Gasteiger partial charge is 0.337 e. The van der Waals surface area contributed by atoms with E-state index in [0.717, 1.165) is 12.1 Å². The van der Waals surface area contributed by atoms with Crippen molar-refractivity contribution in [3.63, 3.8) is 0 Å². The lowest BCUT2D eigenvalue weighted by molar-refractivity contribution is -0.115. The number of ether oxygens (including phenoxy) is 1. The highest BCUT2D eigenvalue weighted by Gasteiger charge is 2.11. The summed E-state index contributed by atoms with van der Waals surface area (Å²) in [5.41, 5.74) is 0.891. The molecule has 0 radical (unpaired) electrons. The summed E-state index contributed by atoms with van der Waals surface area (Å²) in [6.07, 6.45) is 0.0533. The Kier molecular flexibility index (Phi) is 6.30. The van der Waals surface area contributed by atoms with Crippen molar-refractivity contribution in [2.75, 3.05) is 24.3 Å². The third-order valence-corrected chi connectivity index (χ3v) is 3.59. The molecule has 0 atom stereocenters. The Morgan fingerprint density at radius 2 is 1.88 bits per heavy atom. The number of hydrogen-bond acceptors (Lipinski definition) is 4. The van der Waals surface area contributed by atoms with Crippen molar-refractivity contribution in [2.45, 2.75) is 6.42 Å². The number of carbonyl (C=O) groups is 2. The first-order chi connectivity index (χ1) is 11.9. The molecular formula is C17H15ClF2N2O3. The predicted octanol–water partition coefficient (Wildman–Crippen LogP) is 3.85. The first-order valence-electron chi connectivity index (χ1n) is 7.27. The van der Waals surface area contributed by atoms with Crippen molar-refractivity contribution in [2.24, 2.45) is 0 Å². The molecule has 5 nitrogen and oxygen atoms in total. The third kappa shape index (κ3) is 5.15. The number of benzene rings is 2. The van der Waals surface area contributed by atoms with Crippen LogP contribution in [0.3, 0.4) is 0 Å². The highest BCUT2D eigenvalue weighted by molar-refractivity contribution is 6.33. The maximum Gasteiger partial charge on any atom is 0.337 e. The zero-order valence-electron chi connectivity index (χ0n) is 13.2. The van der Waals surface area contributed by atoms with Crippen molar-refractivity contribution in [3.05, 3.63) is 58.6 Å². The van der Waals surface area contributed by atoms with Crippen LogP contribution < -0.4 is 10.6 Å². The Hall–Kier alpha value is -2.67. The summed E-state index contributed by atoms with van der Waals surface area (Å²) in [5, 5.41) is 5.66. The van der Waals surface area contributed by atoms with Crippen molar-refractivity contribution in [1.82, 2.24) is 0 Å². The van der Waals surface area contributed by atoms with Crippen LogP contribution in [-0.4, -0.2) is 25.5 Å². The molecule has 25 heavy (non-hydrogen) atoms. The summed E-state index contributed by atoms with van der Waals surface area (Å²) in [5.74, 6) is -2.82. The molecule has 0 spiro atoms. The number of anilines is 2. The van der Waals surface area contributed by atoms with Crippen LogP contribution >= 0.6 is 11.6 Å². The number of esters is 1. The summed E-state index contributed by atoms with van der Waals surface area (Å²) in [7, 11) is 1.25. The molecule has 0 fully saturated rings. The van der Waals surface area contributed by atoms with Crippen LogP contribution in [0.1, 0.15) is 16.8 Å².